The molecule has 2 rings (SSSR count). The highest BCUT2D eigenvalue weighted by Crippen LogP contribution is 2.29. The fraction of sp³-hybridized carbons (Fsp3) is 0.294. The molecule has 0 amide bonds. The number of hydrogen-bond acceptors (Lipinski definition) is 2. The predicted octanol–water partition coefficient (Wildman–Crippen LogP) is 5.00. The molecule has 2 aromatic carbocycles. The molecular weight excluding hydrogens is 350 g/mol. The Labute approximate surface area is 139 Å². The number of rotatable bonds is 6. The minimum absolute atomic E-state index is 0.183. The molecule has 1 atom stereocenters. The molecule has 1 unspecified atom stereocenters. The molecular formula is C17H19BrClNO. The molecule has 112 valence electrons. The maximum absolute atomic E-state index is 6.39. The summed E-state index contributed by atoms with van der Waals surface area (Å²) in [5, 5.41) is 4.28. The molecule has 0 heterocycles. The first-order valence-corrected chi connectivity index (χ1v) is 8.12. The monoisotopic (exact) mass is 367 g/mol. The molecule has 0 aliphatic carbocycles. The van der Waals surface area contributed by atoms with E-state index < -0.39 is 0 Å². The van der Waals surface area contributed by atoms with Crippen LogP contribution in [0.4, 0.5) is 0 Å². The normalized spacial score (nSPS) is 12.2. The predicted molar refractivity (Wildman–Crippen MR) is 92.3 cm³/mol. The third kappa shape index (κ3) is 4.47. The molecule has 0 fully saturated rings. The summed E-state index contributed by atoms with van der Waals surface area (Å²) >= 11 is 9.84. The summed E-state index contributed by atoms with van der Waals surface area (Å²) in [5.41, 5.74) is 2.34. The lowest BCUT2D eigenvalue weighted by Gasteiger charge is -2.20. The van der Waals surface area contributed by atoms with Crippen molar-refractivity contribution in [3.8, 4) is 5.75 Å². The SMILES string of the molecule is CCNC(Cc1cccc(OC)c1)c1ccc(Br)cc1Cl. The molecule has 0 radical (unpaired) electrons. The Kier molecular flexibility index (Phi) is 6.09. The standard InChI is InChI=1S/C17H19BrClNO/c1-3-20-17(15-8-7-13(18)11-16(15)19)10-12-5-4-6-14(9-12)21-2/h4-9,11,17,20H,3,10H2,1-2H3. The van der Waals surface area contributed by atoms with Crippen LogP contribution in [0.1, 0.15) is 24.1 Å². The molecule has 2 aromatic rings. The number of ether oxygens (including phenoxy) is 1. The maximum atomic E-state index is 6.39. The molecule has 1 N–H and O–H groups in total. The van der Waals surface area contributed by atoms with E-state index in [0.717, 1.165) is 33.8 Å². The summed E-state index contributed by atoms with van der Waals surface area (Å²) in [6.07, 6.45) is 0.867. The summed E-state index contributed by atoms with van der Waals surface area (Å²) in [6, 6.07) is 14.4. The third-order valence-electron chi connectivity index (χ3n) is 3.36. The third-order valence-corrected chi connectivity index (χ3v) is 4.18. The van der Waals surface area contributed by atoms with E-state index in [4.69, 9.17) is 16.3 Å². The fourth-order valence-corrected chi connectivity index (χ4v) is 3.16. The Morgan fingerprint density at radius 3 is 2.71 bits per heavy atom. The van der Waals surface area contributed by atoms with E-state index in [1.165, 1.54) is 5.56 Å². The molecule has 0 spiro atoms. The Hall–Kier alpha value is -1.03. The van der Waals surface area contributed by atoms with Crippen LogP contribution < -0.4 is 10.1 Å². The number of benzene rings is 2. The lowest BCUT2D eigenvalue weighted by Crippen LogP contribution is -2.23. The minimum atomic E-state index is 0.183. The maximum Gasteiger partial charge on any atom is 0.119 e. The molecule has 0 bridgehead atoms. The van der Waals surface area contributed by atoms with Gasteiger partial charge in [-0.05, 0) is 48.4 Å². The van der Waals surface area contributed by atoms with Gasteiger partial charge in [-0.1, -0.05) is 52.7 Å². The molecule has 0 saturated carbocycles. The van der Waals surface area contributed by atoms with E-state index in [9.17, 15) is 0 Å². The van der Waals surface area contributed by atoms with Gasteiger partial charge < -0.3 is 10.1 Å². The van der Waals surface area contributed by atoms with Crippen molar-refractivity contribution in [2.24, 2.45) is 0 Å². The van der Waals surface area contributed by atoms with Crippen LogP contribution in [-0.2, 0) is 6.42 Å². The largest absolute Gasteiger partial charge is 0.497 e. The molecule has 2 nitrogen and oxygen atoms in total. The van der Waals surface area contributed by atoms with Gasteiger partial charge in [-0.25, -0.2) is 0 Å². The van der Waals surface area contributed by atoms with Gasteiger partial charge in [-0.2, -0.15) is 0 Å². The summed E-state index contributed by atoms with van der Waals surface area (Å²) in [5.74, 6) is 0.879. The van der Waals surface area contributed by atoms with Crippen molar-refractivity contribution >= 4 is 27.5 Å². The van der Waals surface area contributed by atoms with E-state index in [0.29, 0.717) is 0 Å². The quantitative estimate of drug-likeness (QED) is 0.774. The van der Waals surface area contributed by atoms with Crippen LogP contribution >= 0.6 is 27.5 Å². The van der Waals surface area contributed by atoms with Crippen molar-refractivity contribution in [2.45, 2.75) is 19.4 Å². The van der Waals surface area contributed by atoms with Crippen molar-refractivity contribution in [2.75, 3.05) is 13.7 Å². The second-order valence-corrected chi connectivity index (χ2v) is 6.15. The molecule has 0 aromatic heterocycles. The average molecular weight is 369 g/mol. The van der Waals surface area contributed by atoms with Gasteiger partial charge in [0.25, 0.3) is 0 Å². The minimum Gasteiger partial charge on any atom is -0.497 e. The van der Waals surface area contributed by atoms with Crippen LogP contribution in [-0.4, -0.2) is 13.7 Å². The molecule has 21 heavy (non-hydrogen) atoms. The van der Waals surface area contributed by atoms with E-state index >= 15 is 0 Å². The van der Waals surface area contributed by atoms with Crippen molar-refractivity contribution in [1.29, 1.82) is 0 Å². The zero-order chi connectivity index (χ0) is 15.2. The highest BCUT2D eigenvalue weighted by Gasteiger charge is 2.15. The van der Waals surface area contributed by atoms with E-state index in [-0.39, 0.29) is 6.04 Å². The van der Waals surface area contributed by atoms with Gasteiger partial charge in [0.2, 0.25) is 0 Å². The Morgan fingerprint density at radius 2 is 2.05 bits per heavy atom. The van der Waals surface area contributed by atoms with Gasteiger partial charge in [-0.3, -0.25) is 0 Å². The van der Waals surface area contributed by atoms with E-state index in [2.05, 4.69) is 46.4 Å². The van der Waals surface area contributed by atoms with Gasteiger partial charge >= 0.3 is 0 Å². The first-order valence-electron chi connectivity index (χ1n) is 6.95. The number of likely N-dealkylation sites (N-methyl/N-ethyl adjacent to an activating group) is 1. The number of halogens is 2. The average Bonchev–Trinajstić information content (AvgIpc) is 2.47. The molecule has 4 heteroatoms. The Morgan fingerprint density at radius 1 is 1.24 bits per heavy atom. The first kappa shape index (κ1) is 16.3. The van der Waals surface area contributed by atoms with E-state index in [1.807, 2.05) is 24.3 Å². The lowest BCUT2D eigenvalue weighted by atomic mass is 9.98. The summed E-state index contributed by atoms with van der Waals surface area (Å²) in [4.78, 5) is 0. The highest BCUT2D eigenvalue weighted by molar-refractivity contribution is 9.10. The van der Waals surface area contributed by atoms with Crippen LogP contribution in [0.25, 0.3) is 0 Å². The van der Waals surface area contributed by atoms with E-state index in [1.54, 1.807) is 7.11 Å². The van der Waals surface area contributed by atoms with Gasteiger partial charge in [0.1, 0.15) is 5.75 Å². The number of hydrogen-bond donors (Lipinski definition) is 1. The van der Waals surface area contributed by atoms with Crippen molar-refractivity contribution in [3.05, 3.63) is 63.1 Å². The van der Waals surface area contributed by atoms with Crippen LogP contribution in [0.15, 0.2) is 46.9 Å². The van der Waals surface area contributed by atoms with Gasteiger partial charge in [0.05, 0.1) is 7.11 Å². The van der Waals surface area contributed by atoms with Crippen LogP contribution in [0.5, 0.6) is 5.75 Å². The van der Waals surface area contributed by atoms with Crippen molar-refractivity contribution in [1.82, 2.24) is 5.32 Å². The second kappa shape index (κ2) is 7.83. The van der Waals surface area contributed by atoms with Gasteiger partial charge in [-0.15, -0.1) is 0 Å². The Bertz CT molecular complexity index is 603. The van der Waals surface area contributed by atoms with Crippen molar-refractivity contribution < 1.29 is 4.74 Å². The summed E-state index contributed by atoms with van der Waals surface area (Å²) < 4.78 is 6.28. The smallest absolute Gasteiger partial charge is 0.119 e. The molecule has 0 saturated heterocycles. The molecule has 0 aliphatic rings. The van der Waals surface area contributed by atoms with Crippen LogP contribution in [0.3, 0.4) is 0 Å². The fourth-order valence-electron chi connectivity index (χ4n) is 2.36. The first-order chi connectivity index (χ1) is 10.1. The zero-order valence-electron chi connectivity index (χ0n) is 12.2. The number of methoxy groups -OCH3 is 1. The van der Waals surface area contributed by atoms with Crippen LogP contribution in [0, 0.1) is 0 Å². The number of nitrogens with one attached hydrogen (secondary N) is 1. The summed E-state index contributed by atoms with van der Waals surface area (Å²) in [6.45, 7) is 2.99. The topological polar surface area (TPSA) is 21.3 Å². The lowest BCUT2D eigenvalue weighted by molar-refractivity contribution is 0.414. The Balaban J connectivity index is 2.26. The second-order valence-electron chi connectivity index (χ2n) is 4.83. The van der Waals surface area contributed by atoms with Gasteiger partial charge in [0, 0.05) is 15.5 Å². The highest BCUT2D eigenvalue weighted by atomic mass is 79.9. The van der Waals surface area contributed by atoms with Crippen molar-refractivity contribution in [3.63, 3.8) is 0 Å². The van der Waals surface area contributed by atoms with Crippen LogP contribution in [0.2, 0.25) is 5.02 Å². The van der Waals surface area contributed by atoms with Gasteiger partial charge in [0.15, 0.2) is 0 Å². The summed E-state index contributed by atoms with van der Waals surface area (Å²) in [7, 11) is 1.69. The molecule has 0 aliphatic heterocycles. The zero-order valence-corrected chi connectivity index (χ0v) is 14.5.